The second-order valence-electron chi connectivity index (χ2n) is 4.66. The summed E-state index contributed by atoms with van der Waals surface area (Å²) in [5, 5.41) is 4.47. The van der Waals surface area contributed by atoms with E-state index in [4.69, 9.17) is 4.42 Å². The van der Waals surface area contributed by atoms with Gasteiger partial charge in [0.25, 0.3) is 0 Å². The van der Waals surface area contributed by atoms with E-state index in [-0.39, 0.29) is 0 Å². The average molecular weight is 229 g/mol. The molecule has 2 heterocycles. The zero-order chi connectivity index (χ0) is 11.8. The van der Waals surface area contributed by atoms with E-state index in [0.717, 1.165) is 30.7 Å². The molecule has 0 saturated heterocycles. The van der Waals surface area contributed by atoms with Gasteiger partial charge in [-0.2, -0.15) is 5.10 Å². The van der Waals surface area contributed by atoms with Gasteiger partial charge in [-0.15, -0.1) is 0 Å². The molecule has 1 aliphatic rings. The van der Waals surface area contributed by atoms with E-state index < -0.39 is 0 Å². The van der Waals surface area contributed by atoms with Crippen LogP contribution < -0.4 is 0 Å². The lowest BCUT2D eigenvalue weighted by atomic mass is 9.93. The van der Waals surface area contributed by atoms with Gasteiger partial charge in [-0.3, -0.25) is 4.68 Å². The van der Waals surface area contributed by atoms with Crippen LogP contribution in [0.1, 0.15) is 36.8 Å². The van der Waals surface area contributed by atoms with Crippen LogP contribution in [0, 0.1) is 6.07 Å². The minimum atomic E-state index is 0.923. The van der Waals surface area contributed by atoms with Crippen molar-refractivity contribution in [2.24, 2.45) is 7.05 Å². The van der Waals surface area contributed by atoms with Crippen LogP contribution in [0.2, 0.25) is 0 Å². The van der Waals surface area contributed by atoms with Crippen molar-refractivity contribution in [1.29, 1.82) is 0 Å². The zero-order valence-corrected chi connectivity index (χ0v) is 10.4. The van der Waals surface area contributed by atoms with E-state index in [0.29, 0.717) is 0 Å². The molecule has 3 nitrogen and oxygen atoms in total. The third-order valence-electron chi connectivity index (χ3n) is 3.45. The lowest BCUT2D eigenvalue weighted by molar-refractivity contribution is 0.447. The molecular formula is C14H17N2O. The maximum absolute atomic E-state index is 5.98. The van der Waals surface area contributed by atoms with Crippen LogP contribution in [0.25, 0.3) is 11.3 Å². The van der Waals surface area contributed by atoms with Crippen molar-refractivity contribution in [2.75, 3.05) is 0 Å². The Bertz CT molecular complexity index is 536. The van der Waals surface area contributed by atoms with E-state index in [1.165, 1.54) is 29.7 Å². The number of furan rings is 1. The van der Waals surface area contributed by atoms with Crippen LogP contribution in [-0.4, -0.2) is 9.78 Å². The molecule has 89 valence electrons. The molecule has 0 amide bonds. The Morgan fingerprint density at radius 2 is 2.24 bits per heavy atom. The highest BCUT2D eigenvalue weighted by atomic mass is 16.3. The molecule has 0 spiro atoms. The molecule has 0 aliphatic heterocycles. The van der Waals surface area contributed by atoms with Gasteiger partial charge in [0.05, 0.1) is 0 Å². The Labute approximate surface area is 101 Å². The maximum atomic E-state index is 5.98. The van der Waals surface area contributed by atoms with E-state index in [9.17, 15) is 0 Å². The number of rotatable bonds is 2. The van der Waals surface area contributed by atoms with E-state index in [1.807, 2.05) is 13.2 Å². The number of aryl methyl sites for hydroxylation is 3. The highest BCUT2D eigenvalue weighted by Crippen LogP contribution is 2.36. The molecule has 17 heavy (non-hydrogen) atoms. The summed E-state index contributed by atoms with van der Waals surface area (Å²) in [6.45, 7) is 2.14. The second kappa shape index (κ2) is 4.06. The van der Waals surface area contributed by atoms with Crippen LogP contribution in [0.5, 0.6) is 0 Å². The first kappa shape index (κ1) is 10.6. The molecule has 3 rings (SSSR count). The topological polar surface area (TPSA) is 31.0 Å². The molecule has 2 aromatic rings. The molecule has 1 aliphatic carbocycles. The largest absolute Gasteiger partial charge is 0.465 e. The number of nitrogens with zero attached hydrogens (tertiary/aromatic N) is 2. The van der Waals surface area contributed by atoms with Gasteiger partial charge in [0, 0.05) is 43.3 Å². The first-order valence-electron chi connectivity index (χ1n) is 6.34. The van der Waals surface area contributed by atoms with Gasteiger partial charge >= 0.3 is 0 Å². The van der Waals surface area contributed by atoms with E-state index >= 15 is 0 Å². The zero-order valence-electron chi connectivity index (χ0n) is 10.4. The van der Waals surface area contributed by atoms with Crippen molar-refractivity contribution in [1.82, 2.24) is 9.78 Å². The molecule has 1 radical (unpaired) electrons. The Kier molecular flexibility index (Phi) is 2.54. The van der Waals surface area contributed by atoms with Crippen LogP contribution in [0.4, 0.5) is 0 Å². The Morgan fingerprint density at radius 1 is 1.41 bits per heavy atom. The fourth-order valence-electron chi connectivity index (χ4n) is 2.64. The lowest BCUT2D eigenvalue weighted by Gasteiger charge is -2.09. The van der Waals surface area contributed by atoms with Crippen LogP contribution in [-0.2, 0) is 26.3 Å². The van der Waals surface area contributed by atoms with Gasteiger partial charge in [-0.25, -0.2) is 0 Å². The first-order valence-corrected chi connectivity index (χ1v) is 6.34. The third kappa shape index (κ3) is 1.70. The average Bonchev–Trinajstić information content (AvgIpc) is 2.91. The Hall–Kier alpha value is -1.51. The fourth-order valence-corrected chi connectivity index (χ4v) is 2.64. The molecule has 0 bridgehead atoms. The predicted octanol–water partition coefficient (Wildman–Crippen LogP) is 2.92. The molecule has 0 aromatic carbocycles. The van der Waals surface area contributed by atoms with Gasteiger partial charge in [0.2, 0.25) is 0 Å². The van der Waals surface area contributed by atoms with Crippen molar-refractivity contribution in [2.45, 2.75) is 39.0 Å². The van der Waals surface area contributed by atoms with Gasteiger partial charge in [-0.1, -0.05) is 6.92 Å². The first-order chi connectivity index (χ1) is 8.29. The third-order valence-corrected chi connectivity index (χ3v) is 3.45. The van der Waals surface area contributed by atoms with Crippen LogP contribution in [0.3, 0.4) is 0 Å². The summed E-state index contributed by atoms with van der Waals surface area (Å²) in [7, 11) is 1.93. The summed E-state index contributed by atoms with van der Waals surface area (Å²) in [6.07, 6.45) is 7.50. The highest BCUT2D eigenvalue weighted by molar-refractivity contribution is 5.67. The monoisotopic (exact) mass is 229 g/mol. The Balaban J connectivity index is 2.16. The highest BCUT2D eigenvalue weighted by Gasteiger charge is 2.23. The molecule has 3 heteroatoms. The minimum Gasteiger partial charge on any atom is -0.465 e. The van der Waals surface area contributed by atoms with Gasteiger partial charge in [0.15, 0.2) is 0 Å². The molecule has 0 unspecified atom stereocenters. The summed E-state index contributed by atoms with van der Waals surface area (Å²) in [6, 6.07) is 3.22. The summed E-state index contributed by atoms with van der Waals surface area (Å²) in [5.41, 5.74) is 3.53. The van der Waals surface area contributed by atoms with Gasteiger partial charge < -0.3 is 4.42 Å². The summed E-state index contributed by atoms with van der Waals surface area (Å²) in [4.78, 5) is 0. The quantitative estimate of drug-likeness (QED) is 0.792. The number of hydrogen-bond acceptors (Lipinski definition) is 2. The molecule has 2 aromatic heterocycles. The van der Waals surface area contributed by atoms with Gasteiger partial charge in [-0.05, 0) is 19.3 Å². The summed E-state index contributed by atoms with van der Waals surface area (Å²) in [5.74, 6) is 2.26. The van der Waals surface area contributed by atoms with Crippen LogP contribution >= 0.6 is 0 Å². The second-order valence-corrected chi connectivity index (χ2v) is 4.66. The molecule has 0 saturated carbocycles. The number of hydrogen-bond donors (Lipinski definition) is 0. The maximum Gasteiger partial charge on any atom is 0.113 e. The minimum absolute atomic E-state index is 0.923. The molecular weight excluding hydrogens is 212 g/mol. The van der Waals surface area contributed by atoms with Crippen molar-refractivity contribution in [3.8, 4) is 11.3 Å². The number of fused-ring (bicyclic) bond motifs is 1. The van der Waals surface area contributed by atoms with Crippen molar-refractivity contribution >= 4 is 0 Å². The summed E-state index contributed by atoms with van der Waals surface area (Å²) >= 11 is 0. The Morgan fingerprint density at radius 3 is 2.94 bits per heavy atom. The lowest BCUT2D eigenvalue weighted by Crippen LogP contribution is -2.00. The standard InChI is InChI=1S/C14H17N2O/c1-3-12-14(11-8-9-16(2)15-11)10-6-4-5-7-13(10)17-12/h9H,3-7H2,1-2H3. The van der Waals surface area contributed by atoms with Gasteiger partial charge in [0.1, 0.15) is 17.2 Å². The molecule has 0 fully saturated rings. The predicted molar refractivity (Wildman–Crippen MR) is 65.8 cm³/mol. The fraction of sp³-hybridized carbons (Fsp3) is 0.500. The number of aromatic nitrogens is 2. The SMILES string of the molecule is CCc1oc2c(c1-c1[c]cn(C)n1)CCCC2. The van der Waals surface area contributed by atoms with E-state index in [1.54, 1.807) is 4.68 Å². The van der Waals surface area contributed by atoms with Crippen molar-refractivity contribution in [3.05, 3.63) is 29.3 Å². The van der Waals surface area contributed by atoms with E-state index in [2.05, 4.69) is 18.1 Å². The van der Waals surface area contributed by atoms with Crippen molar-refractivity contribution in [3.63, 3.8) is 0 Å². The van der Waals surface area contributed by atoms with Crippen LogP contribution in [0.15, 0.2) is 10.6 Å². The normalized spacial score (nSPS) is 14.9. The smallest absolute Gasteiger partial charge is 0.113 e. The summed E-state index contributed by atoms with van der Waals surface area (Å²) < 4.78 is 7.78. The molecule has 0 atom stereocenters. The molecule has 0 N–H and O–H groups in total. The van der Waals surface area contributed by atoms with Crippen molar-refractivity contribution < 1.29 is 4.42 Å².